The van der Waals surface area contributed by atoms with Gasteiger partial charge in [-0.3, -0.25) is 4.79 Å². The average Bonchev–Trinajstić information content (AvgIpc) is 2.68. The fourth-order valence-electron chi connectivity index (χ4n) is 4.23. The van der Waals surface area contributed by atoms with E-state index in [0.29, 0.717) is 18.1 Å². The second-order valence-corrected chi connectivity index (χ2v) is 5.41. The van der Waals surface area contributed by atoms with Crippen molar-refractivity contribution < 1.29 is 4.79 Å². The molecular formula is C14H18O. The molecule has 0 spiro atoms. The van der Waals surface area contributed by atoms with E-state index in [1.165, 1.54) is 19.3 Å². The van der Waals surface area contributed by atoms with Gasteiger partial charge in [0.2, 0.25) is 0 Å². The van der Waals surface area contributed by atoms with Crippen LogP contribution in [0.25, 0.3) is 0 Å². The molecule has 1 nitrogen and oxygen atoms in total. The summed E-state index contributed by atoms with van der Waals surface area (Å²) >= 11 is 0. The van der Waals surface area contributed by atoms with Crippen LogP contribution in [0.1, 0.15) is 39.0 Å². The average molecular weight is 202 g/mol. The van der Waals surface area contributed by atoms with Crippen LogP contribution in [0.15, 0.2) is 0 Å². The van der Waals surface area contributed by atoms with Gasteiger partial charge in [-0.25, -0.2) is 0 Å². The van der Waals surface area contributed by atoms with Gasteiger partial charge in [-0.1, -0.05) is 0 Å². The summed E-state index contributed by atoms with van der Waals surface area (Å²) in [7, 11) is 0. The van der Waals surface area contributed by atoms with Crippen molar-refractivity contribution in [2.75, 3.05) is 0 Å². The van der Waals surface area contributed by atoms with Crippen molar-refractivity contribution in [1.29, 1.82) is 0 Å². The van der Waals surface area contributed by atoms with Crippen LogP contribution in [0.2, 0.25) is 0 Å². The lowest BCUT2D eigenvalue weighted by atomic mass is 9.98. The first-order chi connectivity index (χ1) is 7.33. The van der Waals surface area contributed by atoms with Crippen LogP contribution >= 0.6 is 0 Å². The molecule has 3 aliphatic rings. The summed E-state index contributed by atoms with van der Waals surface area (Å²) in [6.45, 7) is 1.84. The normalized spacial score (nSPS) is 44.5. The topological polar surface area (TPSA) is 17.1 Å². The molecule has 3 rings (SSSR count). The number of hydrogen-bond acceptors (Lipinski definition) is 1. The molecule has 0 aromatic rings. The van der Waals surface area contributed by atoms with Crippen LogP contribution in [0.4, 0.5) is 0 Å². The van der Waals surface area contributed by atoms with Crippen molar-refractivity contribution in [2.45, 2.75) is 39.0 Å². The maximum absolute atomic E-state index is 11.9. The molecule has 2 bridgehead atoms. The molecule has 0 saturated heterocycles. The van der Waals surface area contributed by atoms with Gasteiger partial charge in [-0.2, -0.15) is 0 Å². The molecule has 15 heavy (non-hydrogen) atoms. The molecule has 0 N–H and O–H groups in total. The van der Waals surface area contributed by atoms with Crippen LogP contribution in [0.3, 0.4) is 0 Å². The standard InChI is InChI=1S/C14H18O/c1-2-3-4-5-11(15)14-12-9-6-7-10(8-9)13(12)14/h9-10,12-14H,4-8H2,1H3. The Hall–Kier alpha value is -0.770. The molecule has 4 unspecified atom stereocenters. The van der Waals surface area contributed by atoms with Crippen molar-refractivity contribution in [3.8, 4) is 11.8 Å². The third-order valence-corrected chi connectivity index (χ3v) is 4.78. The number of Topliss-reactive ketones (excluding diaryl/α,β-unsaturated/α-hetero) is 1. The molecular weight excluding hydrogens is 184 g/mol. The smallest absolute Gasteiger partial charge is 0.137 e. The van der Waals surface area contributed by atoms with Gasteiger partial charge < -0.3 is 0 Å². The Bertz CT molecular complexity index is 330. The van der Waals surface area contributed by atoms with E-state index < -0.39 is 0 Å². The van der Waals surface area contributed by atoms with E-state index in [4.69, 9.17) is 0 Å². The van der Waals surface area contributed by atoms with E-state index in [1.54, 1.807) is 0 Å². The number of fused-ring (bicyclic) bond motifs is 5. The first kappa shape index (κ1) is 9.46. The molecule has 0 aromatic heterocycles. The molecule has 3 saturated carbocycles. The largest absolute Gasteiger partial charge is 0.299 e. The summed E-state index contributed by atoms with van der Waals surface area (Å²) in [5.41, 5.74) is 0. The minimum Gasteiger partial charge on any atom is -0.299 e. The molecule has 80 valence electrons. The van der Waals surface area contributed by atoms with Gasteiger partial charge in [0.1, 0.15) is 5.78 Å². The van der Waals surface area contributed by atoms with Gasteiger partial charge in [0, 0.05) is 18.8 Å². The molecule has 4 atom stereocenters. The van der Waals surface area contributed by atoms with E-state index in [-0.39, 0.29) is 0 Å². The predicted octanol–water partition coefficient (Wildman–Crippen LogP) is 2.65. The van der Waals surface area contributed by atoms with Crippen molar-refractivity contribution >= 4 is 5.78 Å². The van der Waals surface area contributed by atoms with E-state index in [9.17, 15) is 4.79 Å². The minimum atomic E-state index is 0.468. The zero-order valence-electron chi connectivity index (χ0n) is 9.33. The van der Waals surface area contributed by atoms with E-state index in [0.717, 1.165) is 30.1 Å². The van der Waals surface area contributed by atoms with Gasteiger partial charge in [-0.15, -0.1) is 11.8 Å². The van der Waals surface area contributed by atoms with E-state index in [1.807, 2.05) is 6.92 Å². The third-order valence-electron chi connectivity index (χ3n) is 4.78. The Morgan fingerprint density at radius 2 is 1.93 bits per heavy atom. The van der Waals surface area contributed by atoms with Gasteiger partial charge in [0.25, 0.3) is 0 Å². The second kappa shape index (κ2) is 3.37. The van der Waals surface area contributed by atoms with Crippen molar-refractivity contribution in [2.24, 2.45) is 29.6 Å². The Morgan fingerprint density at radius 3 is 2.53 bits per heavy atom. The number of ketones is 1. The summed E-state index contributed by atoms with van der Waals surface area (Å²) in [6.07, 6.45) is 5.74. The Morgan fingerprint density at radius 1 is 1.27 bits per heavy atom. The second-order valence-electron chi connectivity index (χ2n) is 5.41. The van der Waals surface area contributed by atoms with Gasteiger partial charge >= 0.3 is 0 Å². The molecule has 3 aliphatic carbocycles. The van der Waals surface area contributed by atoms with Crippen LogP contribution in [0.5, 0.6) is 0 Å². The van der Waals surface area contributed by atoms with Gasteiger partial charge in [0.05, 0.1) is 0 Å². The molecule has 0 amide bonds. The SMILES string of the molecule is CC#CCCC(=O)C1C2C3CCC(C3)C12. The van der Waals surface area contributed by atoms with Crippen molar-refractivity contribution in [3.63, 3.8) is 0 Å². The lowest BCUT2D eigenvalue weighted by Crippen LogP contribution is -2.09. The summed E-state index contributed by atoms with van der Waals surface area (Å²) in [4.78, 5) is 11.9. The Labute approximate surface area is 91.6 Å². The predicted molar refractivity (Wildman–Crippen MR) is 59.0 cm³/mol. The van der Waals surface area contributed by atoms with Gasteiger partial charge in [-0.05, 0) is 49.9 Å². The third kappa shape index (κ3) is 1.34. The lowest BCUT2D eigenvalue weighted by Gasteiger charge is -2.06. The van der Waals surface area contributed by atoms with Gasteiger partial charge in [0.15, 0.2) is 0 Å². The molecule has 3 fully saturated rings. The molecule has 0 heterocycles. The number of hydrogen-bond donors (Lipinski definition) is 0. The van der Waals surface area contributed by atoms with Crippen LogP contribution in [0, 0.1) is 41.4 Å². The fraction of sp³-hybridized carbons (Fsp3) is 0.786. The van der Waals surface area contributed by atoms with Crippen LogP contribution in [-0.2, 0) is 4.79 Å². The van der Waals surface area contributed by atoms with E-state index >= 15 is 0 Å². The lowest BCUT2D eigenvalue weighted by molar-refractivity contribution is -0.121. The van der Waals surface area contributed by atoms with E-state index in [2.05, 4.69) is 11.8 Å². The zero-order valence-corrected chi connectivity index (χ0v) is 9.33. The zero-order chi connectivity index (χ0) is 10.4. The maximum Gasteiger partial charge on any atom is 0.137 e. The maximum atomic E-state index is 11.9. The fourth-order valence-corrected chi connectivity index (χ4v) is 4.23. The van der Waals surface area contributed by atoms with Crippen molar-refractivity contribution in [1.82, 2.24) is 0 Å². The summed E-state index contributed by atoms with van der Waals surface area (Å²) in [5.74, 6) is 10.3. The Kier molecular flexibility index (Phi) is 2.12. The highest BCUT2D eigenvalue weighted by atomic mass is 16.1. The molecule has 0 radical (unpaired) electrons. The minimum absolute atomic E-state index is 0.468. The van der Waals surface area contributed by atoms with Crippen LogP contribution < -0.4 is 0 Å². The monoisotopic (exact) mass is 202 g/mol. The molecule has 1 heteroatoms. The van der Waals surface area contributed by atoms with Crippen LogP contribution in [-0.4, -0.2) is 5.78 Å². The Balaban J connectivity index is 1.57. The first-order valence-electron chi connectivity index (χ1n) is 6.25. The highest BCUT2D eigenvalue weighted by Gasteiger charge is 2.66. The van der Waals surface area contributed by atoms with Crippen molar-refractivity contribution in [3.05, 3.63) is 0 Å². The number of carbonyl (C=O) groups excluding carboxylic acids is 1. The quantitative estimate of drug-likeness (QED) is 0.643. The first-order valence-corrected chi connectivity index (χ1v) is 6.25. The highest BCUT2D eigenvalue weighted by molar-refractivity contribution is 5.85. The number of carbonyl (C=O) groups is 1. The molecule has 0 aliphatic heterocycles. The molecule has 0 aromatic carbocycles. The summed E-state index contributed by atoms with van der Waals surface area (Å²) in [6, 6.07) is 0. The number of rotatable bonds is 3. The summed E-state index contributed by atoms with van der Waals surface area (Å²) in [5, 5.41) is 0. The highest BCUT2D eigenvalue weighted by Crippen LogP contribution is 2.69. The summed E-state index contributed by atoms with van der Waals surface area (Å²) < 4.78 is 0.